The Labute approximate surface area is 59.2 Å². The van der Waals surface area contributed by atoms with Gasteiger partial charge in [-0.05, 0) is 12.3 Å². The Hall–Kier alpha value is -1.51. The highest BCUT2D eigenvalue weighted by Gasteiger charge is 1.78. The van der Waals surface area contributed by atoms with Gasteiger partial charge in [-0.25, -0.2) is 4.79 Å². The fourth-order valence-corrected chi connectivity index (χ4v) is 0.330. The number of nitrogens with two attached hydrogens (primary N) is 1. The van der Waals surface area contributed by atoms with Crippen LogP contribution >= 0.6 is 0 Å². The number of rotatable bonds is 3. The normalized spacial score (nSPS) is 12.0. The van der Waals surface area contributed by atoms with Gasteiger partial charge in [0.1, 0.15) is 0 Å². The lowest BCUT2D eigenvalue weighted by Gasteiger charge is -1.73. The minimum atomic E-state index is -0.957. The van der Waals surface area contributed by atoms with E-state index in [0.717, 1.165) is 6.08 Å². The van der Waals surface area contributed by atoms with Gasteiger partial charge in [-0.2, -0.15) is 0 Å². The summed E-state index contributed by atoms with van der Waals surface area (Å²) in [4.78, 5) is 9.87. The van der Waals surface area contributed by atoms with Crippen molar-refractivity contribution in [3.05, 3.63) is 36.6 Å². The van der Waals surface area contributed by atoms with Crippen LogP contribution in [0.1, 0.15) is 0 Å². The Morgan fingerprint density at radius 2 is 1.80 bits per heavy atom. The molecule has 3 heteroatoms. The van der Waals surface area contributed by atoms with Crippen molar-refractivity contribution in [1.82, 2.24) is 0 Å². The van der Waals surface area contributed by atoms with Crippen molar-refractivity contribution in [3.63, 3.8) is 0 Å². The lowest BCUT2D eigenvalue weighted by molar-refractivity contribution is -0.131. The van der Waals surface area contributed by atoms with Gasteiger partial charge in [-0.3, -0.25) is 0 Å². The first kappa shape index (κ1) is 8.49. The molecule has 0 fully saturated rings. The Kier molecular flexibility index (Phi) is 4.77. The average Bonchev–Trinajstić information content (AvgIpc) is 1.87. The molecule has 3 nitrogen and oxygen atoms in total. The summed E-state index contributed by atoms with van der Waals surface area (Å²) in [6.07, 6.45) is 8.65. The van der Waals surface area contributed by atoms with Crippen LogP contribution in [-0.4, -0.2) is 11.1 Å². The van der Waals surface area contributed by atoms with Crippen LogP contribution in [0.15, 0.2) is 36.6 Å². The van der Waals surface area contributed by atoms with Gasteiger partial charge in [0.25, 0.3) is 0 Å². The summed E-state index contributed by atoms with van der Waals surface area (Å²) < 4.78 is 0. The second kappa shape index (κ2) is 5.62. The molecule has 0 aliphatic rings. The van der Waals surface area contributed by atoms with E-state index in [0.29, 0.717) is 0 Å². The number of carbonyl (C=O) groups is 1. The molecular weight excluding hydrogens is 130 g/mol. The molecule has 0 heterocycles. The largest absolute Gasteiger partial charge is 0.478 e. The van der Waals surface area contributed by atoms with Gasteiger partial charge in [-0.15, -0.1) is 0 Å². The third kappa shape index (κ3) is 6.49. The molecule has 10 heavy (non-hydrogen) atoms. The average molecular weight is 139 g/mol. The smallest absolute Gasteiger partial charge is 0.328 e. The summed E-state index contributed by atoms with van der Waals surface area (Å²) >= 11 is 0. The number of allylic oxidation sites excluding steroid dienone is 4. The van der Waals surface area contributed by atoms with Crippen LogP contribution < -0.4 is 5.73 Å². The van der Waals surface area contributed by atoms with Gasteiger partial charge >= 0.3 is 5.97 Å². The lowest BCUT2D eigenvalue weighted by atomic mass is 10.4. The zero-order chi connectivity index (χ0) is 7.82. The highest BCUT2D eigenvalue weighted by molar-refractivity contribution is 5.80. The molecule has 0 atom stereocenters. The van der Waals surface area contributed by atoms with Crippen molar-refractivity contribution in [2.24, 2.45) is 5.73 Å². The second-order valence-electron chi connectivity index (χ2n) is 1.47. The van der Waals surface area contributed by atoms with E-state index in [9.17, 15) is 4.79 Å². The Morgan fingerprint density at radius 1 is 1.20 bits per heavy atom. The third-order valence-electron chi connectivity index (χ3n) is 0.683. The number of carboxylic acid groups (broad SMARTS) is 1. The topological polar surface area (TPSA) is 63.3 Å². The summed E-state index contributed by atoms with van der Waals surface area (Å²) in [5, 5.41) is 8.11. The van der Waals surface area contributed by atoms with Crippen LogP contribution in [0.4, 0.5) is 0 Å². The van der Waals surface area contributed by atoms with Crippen molar-refractivity contribution in [2.75, 3.05) is 0 Å². The van der Waals surface area contributed by atoms with E-state index in [1.165, 1.54) is 12.3 Å². The second-order valence-corrected chi connectivity index (χ2v) is 1.47. The highest BCUT2D eigenvalue weighted by Crippen LogP contribution is 1.77. The van der Waals surface area contributed by atoms with E-state index in [4.69, 9.17) is 10.8 Å². The molecule has 0 aliphatic carbocycles. The van der Waals surface area contributed by atoms with Crippen LogP contribution in [-0.2, 0) is 4.79 Å². The minimum absolute atomic E-state index is 0.957. The summed E-state index contributed by atoms with van der Waals surface area (Å²) in [5.74, 6) is -0.957. The maximum Gasteiger partial charge on any atom is 0.328 e. The van der Waals surface area contributed by atoms with Crippen LogP contribution in [0, 0.1) is 0 Å². The number of carboxylic acids is 1. The predicted octanol–water partition coefficient (Wildman–Crippen LogP) is 0.656. The molecule has 0 saturated heterocycles. The van der Waals surface area contributed by atoms with Crippen molar-refractivity contribution in [1.29, 1.82) is 0 Å². The summed E-state index contributed by atoms with van der Waals surface area (Å²) in [6, 6.07) is 0. The number of aliphatic carboxylic acids is 1. The quantitative estimate of drug-likeness (QED) is 0.446. The van der Waals surface area contributed by atoms with E-state index in [-0.39, 0.29) is 0 Å². The Morgan fingerprint density at radius 3 is 2.30 bits per heavy atom. The van der Waals surface area contributed by atoms with Gasteiger partial charge in [0.2, 0.25) is 0 Å². The van der Waals surface area contributed by atoms with E-state index in [1.807, 2.05) is 0 Å². The van der Waals surface area contributed by atoms with E-state index < -0.39 is 5.97 Å². The Bertz CT molecular complexity index is 180. The maximum absolute atomic E-state index is 9.87. The molecule has 3 N–H and O–H groups in total. The van der Waals surface area contributed by atoms with Crippen molar-refractivity contribution < 1.29 is 9.90 Å². The summed E-state index contributed by atoms with van der Waals surface area (Å²) in [5.41, 5.74) is 5.00. The van der Waals surface area contributed by atoms with Gasteiger partial charge in [-0.1, -0.05) is 18.2 Å². The first-order valence-electron chi connectivity index (χ1n) is 2.72. The molecule has 54 valence electrons. The SMILES string of the molecule is N/C=C/C=C/C=C/C(=O)O. The predicted molar refractivity (Wildman–Crippen MR) is 39.2 cm³/mol. The first-order valence-corrected chi connectivity index (χ1v) is 2.72. The van der Waals surface area contributed by atoms with Gasteiger partial charge in [0.15, 0.2) is 0 Å². The summed E-state index contributed by atoms with van der Waals surface area (Å²) in [6.45, 7) is 0. The van der Waals surface area contributed by atoms with E-state index in [1.54, 1.807) is 18.2 Å². The zero-order valence-electron chi connectivity index (χ0n) is 5.40. The number of hydrogen-bond acceptors (Lipinski definition) is 2. The molecule has 0 aromatic rings. The molecule has 0 aliphatic heterocycles. The molecule has 0 amide bonds. The van der Waals surface area contributed by atoms with Crippen molar-refractivity contribution in [3.8, 4) is 0 Å². The van der Waals surface area contributed by atoms with Crippen molar-refractivity contribution >= 4 is 5.97 Å². The fraction of sp³-hybridized carbons (Fsp3) is 0. The molecule has 0 spiro atoms. The zero-order valence-corrected chi connectivity index (χ0v) is 5.40. The van der Waals surface area contributed by atoms with E-state index >= 15 is 0 Å². The van der Waals surface area contributed by atoms with Gasteiger partial charge < -0.3 is 10.8 Å². The molecule has 0 saturated carbocycles. The standard InChI is InChI=1S/C7H9NO2/c8-6-4-2-1-3-5-7(9)10/h1-6H,8H2,(H,9,10)/b2-1+,5-3+,6-4+. The molecule has 0 aromatic carbocycles. The monoisotopic (exact) mass is 139 g/mol. The molecule has 0 aromatic heterocycles. The third-order valence-corrected chi connectivity index (χ3v) is 0.683. The van der Waals surface area contributed by atoms with Crippen molar-refractivity contribution in [2.45, 2.75) is 0 Å². The fourth-order valence-electron chi connectivity index (χ4n) is 0.330. The molecule has 0 radical (unpaired) electrons. The highest BCUT2D eigenvalue weighted by atomic mass is 16.4. The Balaban J connectivity index is 3.62. The summed E-state index contributed by atoms with van der Waals surface area (Å²) in [7, 11) is 0. The van der Waals surface area contributed by atoms with Gasteiger partial charge in [0.05, 0.1) is 0 Å². The van der Waals surface area contributed by atoms with Crippen LogP contribution in [0.3, 0.4) is 0 Å². The molecule has 0 unspecified atom stereocenters. The lowest BCUT2D eigenvalue weighted by Crippen LogP contribution is -1.84. The minimum Gasteiger partial charge on any atom is -0.478 e. The number of hydrogen-bond donors (Lipinski definition) is 2. The van der Waals surface area contributed by atoms with Gasteiger partial charge in [0, 0.05) is 6.08 Å². The molecular formula is C7H9NO2. The van der Waals surface area contributed by atoms with E-state index in [2.05, 4.69) is 0 Å². The van der Waals surface area contributed by atoms with Crippen LogP contribution in [0.2, 0.25) is 0 Å². The van der Waals surface area contributed by atoms with Crippen LogP contribution in [0.25, 0.3) is 0 Å². The molecule has 0 bridgehead atoms. The first-order chi connectivity index (χ1) is 4.77. The molecule has 0 rings (SSSR count). The maximum atomic E-state index is 9.87. The van der Waals surface area contributed by atoms with Crippen LogP contribution in [0.5, 0.6) is 0 Å².